The van der Waals surface area contributed by atoms with Gasteiger partial charge in [0, 0.05) is 28.6 Å². The fraction of sp³-hybridized carbons (Fsp3) is 0.300. The summed E-state index contributed by atoms with van der Waals surface area (Å²) in [5, 5.41) is 0.803. The summed E-state index contributed by atoms with van der Waals surface area (Å²) in [5.41, 5.74) is 5.42. The maximum Gasteiger partial charge on any atom is 0.0409 e. The number of nitrogens with zero attached hydrogens (tertiary/aromatic N) is 1. The Bertz CT molecular complexity index is 725. The Hall–Kier alpha value is -1.09. The van der Waals surface area contributed by atoms with E-state index in [4.69, 9.17) is 11.6 Å². The van der Waals surface area contributed by atoms with Crippen LogP contribution in [0.15, 0.2) is 59.1 Å². The van der Waals surface area contributed by atoms with Crippen molar-refractivity contribution in [3.05, 3.63) is 80.8 Å². The topological polar surface area (TPSA) is 3.24 Å². The van der Waals surface area contributed by atoms with Crippen LogP contribution in [0.4, 0.5) is 0 Å². The Morgan fingerprint density at radius 1 is 1.26 bits per heavy atom. The summed E-state index contributed by atoms with van der Waals surface area (Å²) in [5.74, 6) is 0. The quantitative estimate of drug-likeness (QED) is 0.596. The molecule has 0 bridgehead atoms. The first kappa shape index (κ1) is 16.8. The number of hydrogen-bond donors (Lipinski definition) is 0. The summed E-state index contributed by atoms with van der Waals surface area (Å²) in [6.45, 7) is 8.36. The molecule has 23 heavy (non-hydrogen) atoms. The second-order valence-corrected chi connectivity index (χ2v) is 7.43. The van der Waals surface area contributed by atoms with Gasteiger partial charge >= 0.3 is 0 Å². The van der Waals surface area contributed by atoms with Gasteiger partial charge in [0.2, 0.25) is 0 Å². The number of aryl methyl sites for hydroxylation is 1. The molecule has 2 aromatic rings. The largest absolute Gasteiger partial charge is 0.288 e. The van der Waals surface area contributed by atoms with E-state index in [-0.39, 0.29) is 0 Å². The van der Waals surface area contributed by atoms with Crippen LogP contribution in [0.1, 0.15) is 23.6 Å². The summed E-state index contributed by atoms with van der Waals surface area (Å²) in [6.07, 6.45) is 2.08. The van der Waals surface area contributed by atoms with Gasteiger partial charge in [-0.1, -0.05) is 65.3 Å². The third kappa shape index (κ3) is 3.71. The molecule has 1 fully saturated rings. The molecule has 0 spiro atoms. The van der Waals surface area contributed by atoms with Crippen LogP contribution in [0.2, 0.25) is 5.02 Å². The SMILES string of the molecule is C=C1CN(Cc2cccc(Cl)c2)C1Cc1c(Br)cccc1CC. The average molecular weight is 391 g/mol. The Balaban J connectivity index is 1.76. The van der Waals surface area contributed by atoms with Crippen molar-refractivity contribution in [3.8, 4) is 0 Å². The maximum absolute atomic E-state index is 6.10. The number of rotatable bonds is 5. The molecular formula is C20H21BrClN. The number of hydrogen-bond acceptors (Lipinski definition) is 1. The van der Waals surface area contributed by atoms with Gasteiger partial charge in [0.1, 0.15) is 0 Å². The van der Waals surface area contributed by atoms with Crippen LogP contribution < -0.4 is 0 Å². The molecule has 1 atom stereocenters. The summed E-state index contributed by atoms with van der Waals surface area (Å²) in [6, 6.07) is 15.0. The zero-order valence-corrected chi connectivity index (χ0v) is 15.7. The van der Waals surface area contributed by atoms with Gasteiger partial charge in [-0.3, -0.25) is 4.90 Å². The first-order chi connectivity index (χ1) is 11.1. The van der Waals surface area contributed by atoms with Gasteiger partial charge in [0.05, 0.1) is 0 Å². The van der Waals surface area contributed by atoms with Crippen molar-refractivity contribution in [3.63, 3.8) is 0 Å². The highest BCUT2D eigenvalue weighted by atomic mass is 79.9. The van der Waals surface area contributed by atoms with Crippen molar-refractivity contribution >= 4 is 27.5 Å². The summed E-state index contributed by atoms with van der Waals surface area (Å²) in [7, 11) is 0. The van der Waals surface area contributed by atoms with Gasteiger partial charge in [0.25, 0.3) is 0 Å². The van der Waals surface area contributed by atoms with E-state index >= 15 is 0 Å². The normalized spacial score (nSPS) is 18.0. The predicted molar refractivity (Wildman–Crippen MR) is 102 cm³/mol. The Kier molecular flexibility index (Phi) is 5.25. The van der Waals surface area contributed by atoms with E-state index in [1.165, 1.54) is 26.7 Å². The van der Waals surface area contributed by atoms with Crippen LogP contribution in [-0.4, -0.2) is 17.5 Å². The molecule has 3 heteroatoms. The molecule has 1 aliphatic rings. The first-order valence-corrected chi connectivity index (χ1v) is 9.18. The monoisotopic (exact) mass is 389 g/mol. The molecule has 1 aliphatic heterocycles. The van der Waals surface area contributed by atoms with Crippen LogP contribution in [0.25, 0.3) is 0 Å². The van der Waals surface area contributed by atoms with Crippen LogP contribution in [0.3, 0.4) is 0 Å². The van der Waals surface area contributed by atoms with Crippen molar-refractivity contribution in [2.45, 2.75) is 32.4 Å². The van der Waals surface area contributed by atoms with Gasteiger partial charge in [-0.05, 0) is 53.3 Å². The molecule has 0 N–H and O–H groups in total. The second-order valence-electron chi connectivity index (χ2n) is 6.14. The molecule has 1 saturated heterocycles. The van der Waals surface area contributed by atoms with E-state index in [0.29, 0.717) is 6.04 Å². The predicted octanol–water partition coefficient (Wildman–Crippen LogP) is 5.65. The minimum Gasteiger partial charge on any atom is -0.288 e. The highest BCUT2D eigenvalue weighted by Gasteiger charge is 2.32. The van der Waals surface area contributed by atoms with Crippen molar-refractivity contribution in [2.75, 3.05) is 6.54 Å². The lowest BCUT2D eigenvalue weighted by molar-refractivity contribution is 0.153. The fourth-order valence-electron chi connectivity index (χ4n) is 3.29. The van der Waals surface area contributed by atoms with Crippen LogP contribution in [0, 0.1) is 0 Å². The fourth-order valence-corrected chi connectivity index (χ4v) is 4.07. The van der Waals surface area contributed by atoms with E-state index in [2.05, 4.69) is 64.7 Å². The molecule has 1 unspecified atom stereocenters. The lowest BCUT2D eigenvalue weighted by atomic mass is 9.88. The number of likely N-dealkylation sites (tertiary alicyclic amines) is 1. The lowest BCUT2D eigenvalue weighted by Gasteiger charge is -2.44. The van der Waals surface area contributed by atoms with E-state index in [0.717, 1.165) is 31.0 Å². The van der Waals surface area contributed by atoms with E-state index in [1.54, 1.807) is 0 Å². The van der Waals surface area contributed by atoms with Gasteiger partial charge in [-0.25, -0.2) is 0 Å². The molecule has 2 aromatic carbocycles. The summed E-state index contributed by atoms with van der Waals surface area (Å²) in [4.78, 5) is 2.48. The molecule has 3 rings (SSSR count). The van der Waals surface area contributed by atoms with Gasteiger partial charge < -0.3 is 0 Å². The van der Waals surface area contributed by atoms with Gasteiger partial charge in [0.15, 0.2) is 0 Å². The summed E-state index contributed by atoms with van der Waals surface area (Å²) >= 11 is 9.82. The molecule has 1 heterocycles. The smallest absolute Gasteiger partial charge is 0.0409 e. The minimum absolute atomic E-state index is 0.415. The maximum atomic E-state index is 6.10. The molecule has 0 aliphatic carbocycles. The molecule has 120 valence electrons. The third-order valence-electron chi connectivity index (χ3n) is 4.59. The van der Waals surface area contributed by atoms with Gasteiger partial charge in [-0.2, -0.15) is 0 Å². The van der Waals surface area contributed by atoms with Crippen molar-refractivity contribution in [1.82, 2.24) is 4.90 Å². The van der Waals surface area contributed by atoms with Crippen LogP contribution in [0.5, 0.6) is 0 Å². The molecule has 0 saturated carbocycles. The lowest BCUT2D eigenvalue weighted by Crippen LogP contribution is -2.50. The average Bonchev–Trinajstić information content (AvgIpc) is 2.53. The zero-order chi connectivity index (χ0) is 16.4. The third-order valence-corrected chi connectivity index (χ3v) is 5.57. The standard InChI is InChI=1S/C20H21BrClN/c1-3-16-7-5-9-19(21)18(16)11-20-14(2)12-23(20)13-15-6-4-8-17(22)10-15/h4-10,20H,2-3,11-13H2,1H3. The highest BCUT2D eigenvalue weighted by molar-refractivity contribution is 9.10. The van der Waals surface area contributed by atoms with Crippen molar-refractivity contribution < 1.29 is 0 Å². The molecule has 0 amide bonds. The first-order valence-electron chi connectivity index (χ1n) is 8.01. The Morgan fingerprint density at radius 2 is 2.04 bits per heavy atom. The van der Waals surface area contributed by atoms with Gasteiger partial charge in [-0.15, -0.1) is 0 Å². The Morgan fingerprint density at radius 3 is 2.74 bits per heavy atom. The second kappa shape index (κ2) is 7.21. The van der Waals surface area contributed by atoms with Crippen LogP contribution in [-0.2, 0) is 19.4 Å². The Labute approximate surface area is 152 Å². The molecule has 1 nitrogen and oxygen atoms in total. The minimum atomic E-state index is 0.415. The molecule has 0 radical (unpaired) electrons. The number of benzene rings is 2. The van der Waals surface area contributed by atoms with E-state index < -0.39 is 0 Å². The zero-order valence-electron chi connectivity index (χ0n) is 13.4. The molecular weight excluding hydrogens is 370 g/mol. The van der Waals surface area contributed by atoms with Crippen LogP contribution >= 0.6 is 27.5 Å². The molecule has 0 aromatic heterocycles. The van der Waals surface area contributed by atoms with E-state index in [9.17, 15) is 0 Å². The van der Waals surface area contributed by atoms with E-state index in [1.807, 2.05) is 12.1 Å². The van der Waals surface area contributed by atoms with Crippen molar-refractivity contribution in [2.24, 2.45) is 0 Å². The number of halogens is 2. The summed E-state index contributed by atoms with van der Waals surface area (Å²) < 4.78 is 1.21. The van der Waals surface area contributed by atoms with Crippen molar-refractivity contribution in [1.29, 1.82) is 0 Å². The highest BCUT2D eigenvalue weighted by Crippen LogP contribution is 2.32.